The highest BCUT2D eigenvalue weighted by atomic mass is 32.1. The normalized spacial score (nSPS) is 14.3. The first kappa shape index (κ1) is 18.1. The van der Waals surface area contributed by atoms with Crippen LogP contribution in [0.1, 0.15) is 41.6 Å². The zero-order valence-corrected chi connectivity index (χ0v) is 17.2. The molecule has 0 saturated carbocycles. The summed E-state index contributed by atoms with van der Waals surface area (Å²) < 4.78 is 6.93. The molecule has 0 spiro atoms. The monoisotopic (exact) mass is 407 g/mol. The van der Waals surface area contributed by atoms with E-state index in [1.165, 1.54) is 23.3 Å². The predicted molar refractivity (Wildman–Crippen MR) is 113 cm³/mol. The Balaban J connectivity index is 1.38. The van der Waals surface area contributed by atoms with E-state index in [9.17, 15) is 0 Å². The van der Waals surface area contributed by atoms with E-state index < -0.39 is 0 Å². The summed E-state index contributed by atoms with van der Waals surface area (Å²) in [5, 5.41) is 9.89. The second-order valence-electron chi connectivity index (χ2n) is 7.11. The fourth-order valence-corrected chi connectivity index (χ4v) is 4.96. The molecule has 7 nitrogen and oxygen atoms in total. The molecule has 0 radical (unpaired) electrons. The summed E-state index contributed by atoms with van der Waals surface area (Å²) >= 11 is 1.79. The third-order valence-corrected chi connectivity index (χ3v) is 6.44. The van der Waals surface area contributed by atoms with Crippen LogP contribution in [0.25, 0.3) is 15.9 Å². The summed E-state index contributed by atoms with van der Waals surface area (Å²) in [6, 6.07) is 7.70. The van der Waals surface area contributed by atoms with Crippen molar-refractivity contribution in [2.75, 3.05) is 7.11 Å². The number of fused-ring (bicyclic) bond motifs is 5. The number of nitrogens with zero attached hydrogens (tertiary/aromatic N) is 5. The molecule has 0 N–H and O–H groups in total. The molecular weight excluding hydrogens is 386 g/mol. The second-order valence-corrected chi connectivity index (χ2v) is 8.19. The lowest BCUT2D eigenvalue weighted by Gasteiger charge is -2.09. The van der Waals surface area contributed by atoms with Crippen LogP contribution in [0.5, 0.6) is 5.75 Å². The first-order valence-electron chi connectivity index (χ1n) is 9.68. The van der Waals surface area contributed by atoms with Gasteiger partial charge in [-0.15, -0.1) is 16.4 Å². The summed E-state index contributed by atoms with van der Waals surface area (Å²) in [7, 11) is 1.65. The fourth-order valence-electron chi connectivity index (χ4n) is 3.73. The molecule has 0 atom stereocenters. The standard InChI is InChI=1S/C21H21N5O2S/c1-13(14-7-9-15(27-2)10-8-14)25-28-11-18-23-20-19-16-5-3-4-6-17(16)29-21(19)22-12-26(20)24-18/h7-10,12H,3-6,11H2,1-2H3/b25-13+. The Morgan fingerprint density at radius 1 is 1.21 bits per heavy atom. The van der Waals surface area contributed by atoms with Crippen LogP contribution in [-0.4, -0.2) is 32.4 Å². The van der Waals surface area contributed by atoms with Gasteiger partial charge in [0.05, 0.1) is 18.2 Å². The van der Waals surface area contributed by atoms with Crippen LogP contribution in [0.15, 0.2) is 35.7 Å². The molecule has 0 fully saturated rings. The van der Waals surface area contributed by atoms with E-state index in [2.05, 4.69) is 15.2 Å². The van der Waals surface area contributed by atoms with E-state index in [0.29, 0.717) is 5.82 Å². The zero-order chi connectivity index (χ0) is 19.8. The van der Waals surface area contributed by atoms with Crippen molar-refractivity contribution in [3.63, 3.8) is 0 Å². The number of ether oxygens (including phenoxy) is 1. The lowest BCUT2D eigenvalue weighted by Crippen LogP contribution is -1.99. The van der Waals surface area contributed by atoms with E-state index in [1.807, 2.05) is 31.2 Å². The number of thiophene rings is 1. The van der Waals surface area contributed by atoms with Crippen molar-refractivity contribution in [1.29, 1.82) is 0 Å². The minimum Gasteiger partial charge on any atom is -0.497 e. The van der Waals surface area contributed by atoms with E-state index in [4.69, 9.17) is 14.6 Å². The topological polar surface area (TPSA) is 73.9 Å². The van der Waals surface area contributed by atoms with Crippen molar-refractivity contribution in [1.82, 2.24) is 19.6 Å². The van der Waals surface area contributed by atoms with Crippen molar-refractivity contribution in [2.45, 2.75) is 39.2 Å². The van der Waals surface area contributed by atoms with Crippen molar-refractivity contribution in [3.8, 4) is 5.75 Å². The summed E-state index contributed by atoms with van der Waals surface area (Å²) in [5.74, 6) is 1.41. The Morgan fingerprint density at radius 2 is 2.03 bits per heavy atom. The maximum atomic E-state index is 5.53. The smallest absolute Gasteiger partial charge is 0.192 e. The van der Waals surface area contributed by atoms with Gasteiger partial charge < -0.3 is 9.57 Å². The van der Waals surface area contributed by atoms with E-state index in [-0.39, 0.29) is 6.61 Å². The Hall–Kier alpha value is -3.00. The van der Waals surface area contributed by atoms with Crippen LogP contribution in [0.3, 0.4) is 0 Å². The lowest BCUT2D eigenvalue weighted by molar-refractivity contribution is 0.125. The molecule has 8 heteroatoms. The Bertz CT molecular complexity index is 1210. The van der Waals surface area contributed by atoms with Gasteiger partial charge >= 0.3 is 0 Å². The summed E-state index contributed by atoms with van der Waals surface area (Å²) in [4.78, 5) is 17.3. The molecule has 5 rings (SSSR count). The molecule has 1 aliphatic carbocycles. The SMILES string of the molecule is COc1ccc(/C(C)=N/OCc2nc3c4c5c(sc4ncn3n2)CCCC5)cc1. The van der Waals surface area contributed by atoms with Gasteiger partial charge in [0.1, 0.15) is 16.9 Å². The zero-order valence-electron chi connectivity index (χ0n) is 16.4. The van der Waals surface area contributed by atoms with Gasteiger partial charge in [-0.3, -0.25) is 0 Å². The molecule has 3 aromatic heterocycles. The minimum absolute atomic E-state index is 0.211. The number of methoxy groups -OCH3 is 1. The van der Waals surface area contributed by atoms with Gasteiger partial charge in [0, 0.05) is 4.88 Å². The van der Waals surface area contributed by atoms with Crippen molar-refractivity contribution in [3.05, 3.63) is 52.4 Å². The molecule has 0 aliphatic heterocycles. The van der Waals surface area contributed by atoms with Gasteiger partial charge in [-0.25, -0.2) is 14.5 Å². The first-order chi connectivity index (χ1) is 14.2. The molecule has 1 aromatic carbocycles. The second kappa shape index (κ2) is 7.44. The molecule has 0 saturated heterocycles. The van der Waals surface area contributed by atoms with Gasteiger partial charge in [-0.2, -0.15) is 0 Å². The predicted octanol–water partition coefficient (Wildman–Crippen LogP) is 4.17. The van der Waals surface area contributed by atoms with Crippen molar-refractivity contribution < 1.29 is 9.57 Å². The fraction of sp³-hybridized carbons (Fsp3) is 0.333. The van der Waals surface area contributed by atoms with Crippen LogP contribution in [-0.2, 0) is 24.3 Å². The molecule has 1 aliphatic rings. The minimum atomic E-state index is 0.211. The van der Waals surface area contributed by atoms with Crippen LogP contribution in [0, 0.1) is 0 Å². The van der Waals surface area contributed by atoms with Gasteiger partial charge in [0.25, 0.3) is 0 Å². The maximum Gasteiger partial charge on any atom is 0.192 e. The quantitative estimate of drug-likeness (QED) is 0.367. The van der Waals surface area contributed by atoms with Crippen LogP contribution >= 0.6 is 11.3 Å². The third kappa shape index (κ3) is 3.33. The number of rotatable bonds is 5. The number of hydrogen-bond donors (Lipinski definition) is 0. The van der Waals surface area contributed by atoms with Gasteiger partial charge in [0.15, 0.2) is 18.1 Å². The molecule has 0 unspecified atom stereocenters. The number of oxime groups is 1. The number of benzene rings is 1. The molecule has 0 bridgehead atoms. The third-order valence-electron chi connectivity index (χ3n) is 5.24. The summed E-state index contributed by atoms with van der Waals surface area (Å²) in [6.07, 6.45) is 6.46. The maximum absolute atomic E-state index is 5.53. The molecule has 3 heterocycles. The average Bonchev–Trinajstić information content (AvgIpc) is 3.34. The van der Waals surface area contributed by atoms with Crippen molar-refractivity contribution >= 4 is 32.9 Å². The summed E-state index contributed by atoms with van der Waals surface area (Å²) in [6.45, 7) is 2.12. The molecule has 4 aromatic rings. The highest BCUT2D eigenvalue weighted by molar-refractivity contribution is 7.19. The molecular formula is C21H21N5O2S. The Labute approximate surface area is 172 Å². The number of aromatic nitrogens is 4. The summed E-state index contributed by atoms with van der Waals surface area (Å²) in [5.41, 5.74) is 4.03. The van der Waals surface area contributed by atoms with E-state index >= 15 is 0 Å². The van der Waals surface area contributed by atoms with E-state index in [0.717, 1.165) is 45.7 Å². The number of aryl methyl sites for hydroxylation is 2. The van der Waals surface area contributed by atoms with Crippen molar-refractivity contribution in [2.24, 2.45) is 5.16 Å². The van der Waals surface area contributed by atoms with Gasteiger partial charge in [-0.05, 0) is 68.0 Å². The van der Waals surface area contributed by atoms with Crippen LogP contribution in [0.4, 0.5) is 0 Å². The highest BCUT2D eigenvalue weighted by Gasteiger charge is 2.20. The highest BCUT2D eigenvalue weighted by Crippen LogP contribution is 2.36. The van der Waals surface area contributed by atoms with Gasteiger partial charge in [-0.1, -0.05) is 5.16 Å². The average molecular weight is 407 g/mol. The lowest BCUT2D eigenvalue weighted by atomic mass is 9.97. The van der Waals surface area contributed by atoms with Crippen LogP contribution in [0.2, 0.25) is 0 Å². The van der Waals surface area contributed by atoms with Gasteiger partial charge in [0.2, 0.25) is 0 Å². The van der Waals surface area contributed by atoms with Crippen LogP contribution < -0.4 is 4.74 Å². The molecule has 0 amide bonds. The molecule has 148 valence electrons. The Kier molecular flexibility index (Phi) is 4.63. The number of hydrogen-bond acceptors (Lipinski definition) is 7. The Morgan fingerprint density at radius 3 is 2.86 bits per heavy atom. The molecule has 29 heavy (non-hydrogen) atoms. The first-order valence-corrected chi connectivity index (χ1v) is 10.5. The largest absolute Gasteiger partial charge is 0.497 e. The van der Waals surface area contributed by atoms with E-state index in [1.54, 1.807) is 29.3 Å².